The average Bonchev–Trinajstić information content (AvgIpc) is 3.00. The fraction of sp³-hybridized carbons (Fsp3) is 1.00. The smallest absolute Gasteiger partial charge is 0.0602 e. The molecule has 0 radical (unpaired) electrons. The van der Waals surface area contributed by atoms with Gasteiger partial charge < -0.3 is 15.9 Å². The molecule has 0 aliphatic heterocycles. The van der Waals surface area contributed by atoms with Gasteiger partial charge in [0.25, 0.3) is 0 Å². The lowest BCUT2D eigenvalue weighted by molar-refractivity contribution is -0.169. The van der Waals surface area contributed by atoms with Crippen LogP contribution in [0.4, 0.5) is 0 Å². The molecule has 27 heavy (non-hydrogen) atoms. The molecule has 10 unspecified atom stereocenters. The van der Waals surface area contributed by atoms with Crippen molar-refractivity contribution in [1.82, 2.24) is 0 Å². The summed E-state index contributed by atoms with van der Waals surface area (Å²) in [5.74, 6) is 4.21. The molecule has 0 spiro atoms. The molecule has 10 atom stereocenters. The van der Waals surface area contributed by atoms with Gasteiger partial charge in [-0.05, 0) is 111 Å². The van der Waals surface area contributed by atoms with Gasteiger partial charge in [-0.2, -0.15) is 0 Å². The second-order valence-electron chi connectivity index (χ2n) is 11.3. The SMILES string of the molecule is CC(CCCO)C1CCC2C3CCC4CC(N)CCC4(C)C3CC(O)C12C. The number of rotatable bonds is 4. The van der Waals surface area contributed by atoms with E-state index >= 15 is 0 Å². The molecule has 3 heteroatoms. The van der Waals surface area contributed by atoms with Crippen LogP contribution in [0.15, 0.2) is 0 Å². The standard InChI is InChI=1S/C24H43NO2/c1-15(5-4-12-26)19-8-9-20-18-7-6-16-13-17(25)10-11-23(16,2)21(18)14-22(27)24(19,20)3/h15-22,26-27H,4-14,25H2,1-3H3. The molecule has 0 aromatic rings. The molecule has 4 fully saturated rings. The van der Waals surface area contributed by atoms with E-state index in [4.69, 9.17) is 5.73 Å². The Morgan fingerprint density at radius 2 is 1.81 bits per heavy atom. The predicted octanol–water partition coefficient (Wildman–Crippen LogP) is 4.35. The van der Waals surface area contributed by atoms with Crippen LogP contribution in [0.1, 0.15) is 85.0 Å². The molecule has 4 aliphatic rings. The second kappa shape index (κ2) is 7.29. The van der Waals surface area contributed by atoms with Crippen molar-refractivity contribution in [2.75, 3.05) is 6.61 Å². The van der Waals surface area contributed by atoms with Crippen molar-refractivity contribution in [2.45, 2.75) is 97.1 Å². The van der Waals surface area contributed by atoms with Gasteiger partial charge in [-0.3, -0.25) is 0 Å². The van der Waals surface area contributed by atoms with E-state index in [0.717, 1.165) is 31.1 Å². The summed E-state index contributed by atoms with van der Waals surface area (Å²) >= 11 is 0. The van der Waals surface area contributed by atoms with Gasteiger partial charge in [-0.15, -0.1) is 0 Å². The zero-order chi connectivity index (χ0) is 19.4. The summed E-state index contributed by atoms with van der Waals surface area (Å²) in [7, 11) is 0. The van der Waals surface area contributed by atoms with E-state index in [1.165, 1.54) is 44.9 Å². The highest BCUT2D eigenvalue weighted by Gasteiger charge is 2.63. The third kappa shape index (κ3) is 3.02. The van der Waals surface area contributed by atoms with E-state index in [1.54, 1.807) is 0 Å². The van der Waals surface area contributed by atoms with Crippen LogP contribution in [0.2, 0.25) is 0 Å². The molecular weight excluding hydrogens is 334 g/mol. The Balaban J connectivity index is 1.58. The van der Waals surface area contributed by atoms with Crippen molar-refractivity contribution >= 4 is 0 Å². The molecule has 4 saturated carbocycles. The van der Waals surface area contributed by atoms with Crippen LogP contribution in [0, 0.1) is 46.3 Å². The first kappa shape index (κ1) is 20.2. The van der Waals surface area contributed by atoms with Gasteiger partial charge in [0.2, 0.25) is 0 Å². The van der Waals surface area contributed by atoms with E-state index in [-0.39, 0.29) is 11.5 Å². The maximum Gasteiger partial charge on any atom is 0.0602 e. The zero-order valence-corrected chi connectivity index (χ0v) is 17.9. The third-order valence-electron chi connectivity index (χ3n) is 10.4. The molecule has 0 saturated heterocycles. The van der Waals surface area contributed by atoms with E-state index < -0.39 is 0 Å². The summed E-state index contributed by atoms with van der Waals surface area (Å²) in [5, 5.41) is 20.8. The van der Waals surface area contributed by atoms with E-state index in [2.05, 4.69) is 20.8 Å². The zero-order valence-electron chi connectivity index (χ0n) is 17.9. The van der Waals surface area contributed by atoms with Crippen molar-refractivity contribution in [2.24, 2.45) is 52.1 Å². The Morgan fingerprint density at radius 1 is 1.04 bits per heavy atom. The first-order chi connectivity index (χ1) is 12.8. The Hall–Kier alpha value is -0.120. The fourth-order valence-electron chi connectivity index (χ4n) is 8.83. The minimum Gasteiger partial charge on any atom is -0.396 e. The van der Waals surface area contributed by atoms with E-state index in [0.29, 0.717) is 41.7 Å². The van der Waals surface area contributed by atoms with Crippen molar-refractivity contribution < 1.29 is 10.2 Å². The summed E-state index contributed by atoms with van der Waals surface area (Å²) < 4.78 is 0. The molecule has 3 nitrogen and oxygen atoms in total. The highest BCUT2D eigenvalue weighted by molar-refractivity contribution is 5.12. The van der Waals surface area contributed by atoms with Gasteiger partial charge in [0.1, 0.15) is 0 Å². The molecule has 0 amide bonds. The van der Waals surface area contributed by atoms with Crippen molar-refractivity contribution in [3.8, 4) is 0 Å². The van der Waals surface area contributed by atoms with Crippen molar-refractivity contribution in [1.29, 1.82) is 0 Å². The molecule has 0 aromatic carbocycles. The van der Waals surface area contributed by atoms with Crippen LogP contribution >= 0.6 is 0 Å². The Kier molecular flexibility index (Phi) is 5.44. The first-order valence-electron chi connectivity index (χ1n) is 11.9. The summed E-state index contributed by atoms with van der Waals surface area (Å²) in [6.45, 7) is 7.64. The molecule has 0 aromatic heterocycles. The van der Waals surface area contributed by atoms with Crippen LogP contribution in [-0.4, -0.2) is 29.0 Å². The molecule has 0 bridgehead atoms. The van der Waals surface area contributed by atoms with Gasteiger partial charge in [0.15, 0.2) is 0 Å². The van der Waals surface area contributed by atoms with Gasteiger partial charge in [-0.1, -0.05) is 20.8 Å². The lowest BCUT2D eigenvalue weighted by Gasteiger charge is -2.62. The quantitative estimate of drug-likeness (QED) is 0.682. The van der Waals surface area contributed by atoms with Crippen molar-refractivity contribution in [3.05, 3.63) is 0 Å². The molecule has 0 heterocycles. The largest absolute Gasteiger partial charge is 0.396 e. The number of hydrogen-bond donors (Lipinski definition) is 3. The lowest BCUT2D eigenvalue weighted by atomic mass is 9.43. The minimum atomic E-state index is -0.154. The topological polar surface area (TPSA) is 66.5 Å². The normalized spacial score (nSPS) is 53.3. The molecule has 4 rings (SSSR count). The first-order valence-corrected chi connectivity index (χ1v) is 11.9. The Bertz CT molecular complexity index is 538. The van der Waals surface area contributed by atoms with Gasteiger partial charge >= 0.3 is 0 Å². The Labute approximate surface area is 166 Å². The summed E-state index contributed by atoms with van der Waals surface area (Å²) in [5.41, 5.74) is 6.82. The van der Waals surface area contributed by atoms with Crippen LogP contribution < -0.4 is 5.73 Å². The molecule has 4 N–H and O–H groups in total. The van der Waals surface area contributed by atoms with Crippen LogP contribution in [0.3, 0.4) is 0 Å². The van der Waals surface area contributed by atoms with Gasteiger partial charge in [-0.25, -0.2) is 0 Å². The van der Waals surface area contributed by atoms with Crippen molar-refractivity contribution in [3.63, 3.8) is 0 Å². The van der Waals surface area contributed by atoms with Crippen LogP contribution in [0.5, 0.6) is 0 Å². The van der Waals surface area contributed by atoms with E-state index in [9.17, 15) is 10.2 Å². The highest BCUT2D eigenvalue weighted by atomic mass is 16.3. The second-order valence-corrected chi connectivity index (χ2v) is 11.3. The third-order valence-corrected chi connectivity index (χ3v) is 10.4. The number of hydrogen-bond acceptors (Lipinski definition) is 3. The van der Waals surface area contributed by atoms with Crippen LogP contribution in [-0.2, 0) is 0 Å². The number of aliphatic hydroxyl groups excluding tert-OH is 2. The maximum absolute atomic E-state index is 11.5. The monoisotopic (exact) mass is 377 g/mol. The van der Waals surface area contributed by atoms with Gasteiger partial charge in [0.05, 0.1) is 6.10 Å². The molecule has 156 valence electrons. The van der Waals surface area contributed by atoms with Gasteiger partial charge in [0, 0.05) is 12.6 Å². The molecular formula is C24H43NO2. The minimum absolute atomic E-state index is 0.0876. The summed E-state index contributed by atoms with van der Waals surface area (Å²) in [6, 6.07) is 0.404. The summed E-state index contributed by atoms with van der Waals surface area (Å²) in [4.78, 5) is 0. The maximum atomic E-state index is 11.5. The predicted molar refractivity (Wildman–Crippen MR) is 110 cm³/mol. The summed E-state index contributed by atoms with van der Waals surface area (Å²) in [6.07, 6.45) is 11.8. The Morgan fingerprint density at radius 3 is 2.56 bits per heavy atom. The fourth-order valence-corrected chi connectivity index (χ4v) is 8.83. The van der Waals surface area contributed by atoms with E-state index in [1.807, 2.05) is 0 Å². The highest BCUT2D eigenvalue weighted by Crippen LogP contribution is 2.68. The number of nitrogens with two attached hydrogens (primary N) is 1. The number of aliphatic hydroxyl groups is 2. The van der Waals surface area contributed by atoms with Crippen LogP contribution in [0.25, 0.3) is 0 Å². The number of fused-ring (bicyclic) bond motifs is 5. The average molecular weight is 378 g/mol. The lowest BCUT2D eigenvalue weighted by Crippen LogP contribution is -2.59. The molecule has 4 aliphatic carbocycles.